The van der Waals surface area contributed by atoms with Gasteiger partial charge >= 0.3 is 12.1 Å². The summed E-state index contributed by atoms with van der Waals surface area (Å²) in [4.78, 5) is 36.2. The zero-order valence-electron chi connectivity index (χ0n) is 18.8. The lowest BCUT2D eigenvalue weighted by Crippen LogP contribution is -2.43. The van der Waals surface area contributed by atoms with Crippen LogP contribution in [0.5, 0.6) is 0 Å². The number of nitrogens with one attached hydrogen (secondary N) is 2. The number of carbonyl (C=O) groups excluding carboxylic acids is 2. The zero-order valence-corrected chi connectivity index (χ0v) is 18.8. The largest absolute Gasteiger partial charge is 0.481 e. The van der Waals surface area contributed by atoms with E-state index >= 15 is 0 Å². The maximum Gasteiger partial charge on any atom is 0.407 e. The Morgan fingerprint density at radius 1 is 0.941 bits per heavy atom. The molecule has 3 aromatic rings. The van der Waals surface area contributed by atoms with E-state index in [-0.39, 0.29) is 18.9 Å². The third kappa shape index (κ3) is 5.09. The molecular weight excluding hydrogens is 432 g/mol. The van der Waals surface area contributed by atoms with Crippen molar-refractivity contribution in [2.45, 2.75) is 31.7 Å². The monoisotopic (exact) mass is 458 g/mol. The van der Waals surface area contributed by atoms with Crippen LogP contribution in [0.15, 0.2) is 72.8 Å². The molecule has 34 heavy (non-hydrogen) atoms. The van der Waals surface area contributed by atoms with Crippen LogP contribution >= 0.6 is 0 Å². The molecule has 0 aromatic heterocycles. The van der Waals surface area contributed by atoms with Gasteiger partial charge in [0, 0.05) is 11.6 Å². The van der Waals surface area contributed by atoms with Gasteiger partial charge in [0.15, 0.2) is 0 Å². The fraction of sp³-hybridized carbons (Fsp3) is 0.222. The van der Waals surface area contributed by atoms with E-state index in [1.807, 2.05) is 36.4 Å². The number of carboxylic acids is 1. The number of carbonyl (C=O) groups is 3. The first-order valence-corrected chi connectivity index (χ1v) is 11.2. The van der Waals surface area contributed by atoms with Gasteiger partial charge in [0.2, 0.25) is 5.91 Å². The van der Waals surface area contributed by atoms with Gasteiger partial charge in [-0.1, -0.05) is 67.6 Å². The molecule has 4 rings (SSSR count). The highest BCUT2D eigenvalue weighted by Gasteiger charge is 2.29. The van der Waals surface area contributed by atoms with Crippen LogP contribution in [0.4, 0.5) is 10.5 Å². The highest BCUT2D eigenvalue weighted by atomic mass is 16.5. The standard InChI is InChI=1S/C27H26N2O5/c1-2-24(26(32)28-18-9-7-8-17(14-18)15-25(30)31)29-27(33)34-16-23-21-12-5-3-10-19(21)20-11-4-6-13-22(20)23/h3-14,23-24H,2,15-16H2,1H3,(H,28,32)(H,29,33)(H,30,31). The van der Waals surface area contributed by atoms with Crippen LogP contribution in [-0.4, -0.2) is 35.7 Å². The molecule has 1 atom stereocenters. The summed E-state index contributed by atoms with van der Waals surface area (Å²) < 4.78 is 5.54. The first-order chi connectivity index (χ1) is 16.5. The van der Waals surface area contributed by atoms with Gasteiger partial charge in [0.05, 0.1) is 6.42 Å². The number of carboxylic acid groups (broad SMARTS) is 1. The van der Waals surface area contributed by atoms with Crippen molar-refractivity contribution >= 4 is 23.7 Å². The van der Waals surface area contributed by atoms with Gasteiger partial charge in [-0.3, -0.25) is 9.59 Å². The van der Waals surface area contributed by atoms with E-state index in [0.29, 0.717) is 17.7 Å². The van der Waals surface area contributed by atoms with Crippen molar-refractivity contribution in [2.24, 2.45) is 0 Å². The van der Waals surface area contributed by atoms with E-state index in [1.165, 1.54) is 0 Å². The number of aliphatic carboxylic acids is 1. The van der Waals surface area contributed by atoms with E-state index in [1.54, 1.807) is 31.2 Å². The Morgan fingerprint density at radius 2 is 1.59 bits per heavy atom. The number of anilines is 1. The predicted octanol–water partition coefficient (Wildman–Crippen LogP) is 4.57. The summed E-state index contributed by atoms with van der Waals surface area (Å²) in [7, 11) is 0. The molecule has 1 aliphatic rings. The average Bonchev–Trinajstić information content (AvgIpc) is 3.14. The summed E-state index contributed by atoms with van der Waals surface area (Å²) in [5.41, 5.74) is 5.55. The number of hydrogen-bond acceptors (Lipinski definition) is 4. The van der Waals surface area contributed by atoms with Gasteiger partial charge in [-0.25, -0.2) is 4.79 Å². The molecule has 0 radical (unpaired) electrons. The van der Waals surface area contributed by atoms with Gasteiger partial charge in [-0.2, -0.15) is 0 Å². The molecule has 0 spiro atoms. The van der Waals surface area contributed by atoms with Crippen LogP contribution in [-0.2, 0) is 20.7 Å². The number of fused-ring (bicyclic) bond motifs is 3. The predicted molar refractivity (Wildman–Crippen MR) is 129 cm³/mol. The number of hydrogen-bond donors (Lipinski definition) is 3. The molecule has 0 bridgehead atoms. The zero-order chi connectivity index (χ0) is 24.1. The minimum atomic E-state index is -0.952. The summed E-state index contributed by atoms with van der Waals surface area (Å²) in [6.07, 6.45) is -0.437. The van der Waals surface area contributed by atoms with E-state index < -0.39 is 24.0 Å². The van der Waals surface area contributed by atoms with Crippen molar-refractivity contribution in [3.8, 4) is 11.1 Å². The maximum atomic E-state index is 12.7. The highest BCUT2D eigenvalue weighted by Crippen LogP contribution is 2.44. The van der Waals surface area contributed by atoms with Gasteiger partial charge in [0.25, 0.3) is 0 Å². The van der Waals surface area contributed by atoms with Crippen LogP contribution in [0, 0.1) is 0 Å². The molecule has 0 saturated carbocycles. The molecule has 3 N–H and O–H groups in total. The Hall–Kier alpha value is -4.13. The van der Waals surface area contributed by atoms with E-state index in [2.05, 4.69) is 22.8 Å². The van der Waals surface area contributed by atoms with Gasteiger partial charge in [-0.05, 0) is 46.4 Å². The first kappa shape index (κ1) is 23.0. The van der Waals surface area contributed by atoms with Crippen LogP contribution < -0.4 is 10.6 Å². The van der Waals surface area contributed by atoms with Crippen LogP contribution in [0.3, 0.4) is 0 Å². The van der Waals surface area contributed by atoms with E-state index in [0.717, 1.165) is 22.3 Å². The Labute approximate surface area is 197 Å². The van der Waals surface area contributed by atoms with Crippen molar-refractivity contribution in [1.82, 2.24) is 5.32 Å². The van der Waals surface area contributed by atoms with Crippen molar-refractivity contribution in [3.63, 3.8) is 0 Å². The second-order valence-corrected chi connectivity index (χ2v) is 8.19. The molecule has 0 heterocycles. The number of alkyl carbamates (subject to hydrolysis) is 1. The second-order valence-electron chi connectivity index (χ2n) is 8.19. The van der Waals surface area contributed by atoms with Gasteiger partial charge in [0.1, 0.15) is 12.6 Å². The summed E-state index contributed by atoms with van der Waals surface area (Å²) in [5.74, 6) is -1.42. The molecule has 2 amide bonds. The summed E-state index contributed by atoms with van der Waals surface area (Å²) in [6.45, 7) is 1.95. The average molecular weight is 459 g/mol. The lowest BCUT2D eigenvalue weighted by Gasteiger charge is -2.19. The fourth-order valence-electron chi connectivity index (χ4n) is 4.30. The normalized spacial score (nSPS) is 12.9. The summed E-state index contributed by atoms with van der Waals surface area (Å²) in [5, 5.41) is 14.3. The Morgan fingerprint density at radius 3 is 2.21 bits per heavy atom. The van der Waals surface area contributed by atoms with Crippen molar-refractivity contribution < 1.29 is 24.2 Å². The molecule has 1 aliphatic carbocycles. The summed E-state index contributed by atoms with van der Waals surface area (Å²) >= 11 is 0. The highest BCUT2D eigenvalue weighted by molar-refractivity contribution is 5.96. The van der Waals surface area contributed by atoms with E-state index in [4.69, 9.17) is 9.84 Å². The Balaban J connectivity index is 1.37. The minimum absolute atomic E-state index is 0.0657. The van der Waals surface area contributed by atoms with Crippen LogP contribution in [0.1, 0.15) is 36.0 Å². The first-order valence-electron chi connectivity index (χ1n) is 11.2. The van der Waals surface area contributed by atoms with Crippen molar-refractivity contribution in [2.75, 3.05) is 11.9 Å². The molecule has 3 aromatic carbocycles. The molecular formula is C27H26N2O5. The number of benzene rings is 3. The van der Waals surface area contributed by atoms with Crippen LogP contribution in [0.2, 0.25) is 0 Å². The third-order valence-electron chi connectivity index (χ3n) is 5.91. The topological polar surface area (TPSA) is 105 Å². The van der Waals surface area contributed by atoms with Crippen LogP contribution in [0.25, 0.3) is 11.1 Å². The molecule has 1 unspecified atom stereocenters. The number of ether oxygens (including phenoxy) is 1. The van der Waals surface area contributed by atoms with Crippen molar-refractivity contribution in [1.29, 1.82) is 0 Å². The van der Waals surface area contributed by atoms with Gasteiger partial charge < -0.3 is 20.5 Å². The molecule has 0 fully saturated rings. The smallest absolute Gasteiger partial charge is 0.407 e. The maximum absolute atomic E-state index is 12.7. The minimum Gasteiger partial charge on any atom is -0.481 e. The van der Waals surface area contributed by atoms with Gasteiger partial charge in [-0.15, -0.1) is 0 Å². The molecule has 7 nitrogen and oxygen atoms in total. The summed E-state index contributed by atoms with van der Waals surface area (Å²) in [6, 6.07) is 22.0. The number of rotatable bonds is 8. The number of amides is 2. The Bertz CT molecular complexity index is 1180. The molecule has 0 saturated heterocycles. The molecule has 174 valence electrons. The quantitative estimate of drug-likeness (QED) is 0.459. The third-order valence-corrected chi connectivity index (χ3v) is 5.91. The SMILES string of the molecule is CCC(NC(=O)OCC1c2ccccc2-c2ccccc21)C(=O)Nc1cccc(CC(=O)O)c1. The fourth-order valence-corrected chi connectivity index (χ4v) is 4.30. The Kier molecular flexibility index (Phi) is 6.92. The van der Waals surface area contributed by atoms with Crippen molar-refractivity contribution in [3.05, 3.63) is 89.5 Å². The lowest BCUT2D eigenvalue weighted by atomic mass is 9.98. The lowest BCUT2D eigenvalue weighted by molar-refractivity contribution is -0.136. The van der Waals surface area contributed by atoms with E-state index in [9.17, 15) is 14.4 Å². The molecule has 7 heteroatoms. The second kappa shape index (κ2) is 10.2. The molecule has 0 aliphatic heterocycles.